The van der Waals surface area contributed by atoms with E-state index in [1.165, 1.54) is 11.3 Å². The summed E-state index contributed by atoms with van der Waals surface area (Å²) in [4.78, 5) is 30.3. The number of piperazine rings is 1. The molecule has 1 aliphatic heterocycles. The van der Waals surface area contributed by atoms with Crippen molar-refractivity contribution in [1.29, 1.82) is 0 Å². The Morgan fingerprint density at radius 1 is 1.13 bits per heavy atom. The van der Waals surface area contributed by atoms with Crippen molar-refractivity contribution in [3.8, 4) is 0 Å². The van der Waals surface area contributed by atoms with Crippen molar-refractivity contribution in [2.75, 3.05) is 26.2 Å². The summed E-state index contributed by atoms with van der Waals surface area (Å²) in [6.07, 6.45) is 0. The van der Waals surface area contributed by atoms with Crippen LogP contribution >= 0.6 is 23.7 Å². The number of nitrogens with zero attached hydrogens (tertiary/aromatic N) is 2. The van der Waals surface area contributed by atoms with Crippen molar-refractivity contribution in [3.05, 3.63) is 21.9 Å². The molecule has 7 heteroatoms. The van der Waals surface area contributed by atoms with E-state index in [1.807, 2.05) is 44.7 Å². The normalized spacial score (nSPS) is 16.7. The van der Waals surface area contributed by atoms with Gasteiger partial charge in [0.1, 0.15) is 0 Å². The molecule has 1 aromatic rings. The Kier molecular flexibility index (Phi) is 6.62. The highest BCUT2D eigenvalue weighted by Gasteiger charge is 2.33. The summed E-state index contributed by atoms with van der Waals surface area (Å²) in [5, 5.41) is 0. The zero-order valence-electron chi connectivity index (χ0n) is 14.2. The summed E-state index contributed by atoms with van der Waals surface area (Å²) < 4.78 is 0. The summed E-state index contributed by atoms with van der Waals surface area (Å²) in [6.45, 7) is 10.1. The molecule has 130 valence electrons. The summed E-state index contributed by atoms with van der Waals surface area (Å²) in [7, 11) is 0. The average molecular weight is 360 g/mol. The lowest BCUT2D eigenvalue weighted by molar-refractivity contribution is -0.136. The molecule has 2 amide bonds. The lowest BCUT2D eigenvalue weighted by Gasteiger charge is -2.38. The standard InChI is InChI=1S/C16H25N3O2S.ClH/c1-11-5-6-12(22-11)14(20)18-7-9-19(10-8-18)15(21)13(17)16(2,3)4;/h5-6,13H,7-10,17H2,1-4H3;1H/t13-;/m1./s1. The second kappa shape index (κ2) is 7.64. The van der Waals surface area contributed by atoms with E-state index in [-0.39, 0.29) is 29.6 Å². The van der Waals surface area contributed by atoms with Crippen molar-refractivity contribution in [3.63, 3.8) is 0 Å². The topological polar surface area (TPSA) is 66.6 Å². The molecule has 5 nitrogen and oxygen atoms in total. The molecule has 0 spiro atoms. The van der Waals surface area contributed by atoms with Crippen LogP contribution in [0.5, 0.6) is 0 Å². The van der Waals surface area contributed by atoms with E-state index in [2.05, 4.69) is 0 Å². The molecular formula is C16H26ClN3O2S. The van der Waals surface area contributed by atoms with E-state index in [1.54, 1.807) is 4.90 Å². The molecule has 1 saturated heterocycles. The van der Waals surface area contributed by atoms with Crippen LogP contribution < -0.4 is 5.73 Å². The van der Waals surface area contributed by atoms with E-state index in [9.17, 15) is 9.59 Å². The molecule has 0 aromatic carbocycles. The molecule has 2 N–H and O–H groups in total. The maximum Gasteiger partial charge on any atom is 0.264 e. The van der Waals surface area contributed by atoms with Gasteiger partial charge in [-0.15, -0.1) is 23.7 Å². The van der Waals surface area contributed by atoms with Crippen LogP contribution in [0.1, 0.15) is 35.3 Å². The lowest BCUT2D eigenvalue weighted by Crippen LogP contribution is -2.56. The monoisotopic (exact) mass is 359 g/mol. The molecule has 0 aliphatic carbocycles. The predicted molar refractivity (Wildman–Crippen MR) is 96.2 cm³/mol. The predicted octanol–water partition coefficient (Wildman–Crippen LogP) is 2.14. The van der Waals surface area contributed by atoms with Crippen LogP contribution in [0.25, 0.3) is 0 Å². The quantitative estimate of drug-likeness (QED) is 0.879. The van der Waals surface area contributed by atoms with Crippen molar-refractivity contribution in [2.24, 2.45) is 11.1 Å². The van der Waals surface area contributed by atoms with Crippen LogP contribution in [0.2, 0.25) is 0 Å². The maximum atomic E-state index is 12.4. The number of aryl methyl sites for hydroxylation is 1. The fourth-order valence-electron chi connectivity index (χ4n) is 2.40. The van der Waals surface area contributed by atoms with Gasteiger partial charge in [-0.25, -0.2) is 0 Å². The van der Waals surface area contributed by atoms with E-state index < -0.39 is 6.04 Å². The van der Waals surface area contributed by atoms with Crippen LogP contribution in [-0.2, 0) is 4.79 Å². The van der Waals surface area contributed by atoms with Gasteiger partial charge in [-0.3, -0.25) is 9.59 Å². The number of rotatable bonds is 2. The molecule has 2 heterocycles. The molecule has 23 heavy (non-hydrogen) atoms. The Morgan fingerprint density at radius 3 is 2.09 bits per heavy atom. The van der Waals surface area contributed by atoms with E-state index in [4.69, 9.17) is 5.73 Å². The van der Waals surface area contributed by atoms with Crippen LogP contribution in [0.15, 0.2) is 12.1 Å². The molecule has 0 unspecified atom stereocenters. The Labute approximate surface area is 148 Å². The van der Waals surface area contributed by atoms with Gasteiger partial charge < -0.3 is 15.5 Å². The summed E-state index contributed by atoms with van der Waals surface area (Å²) in [5.74, 6) is 0.0388. The molecule has 1 aliphatic rings. The first-order valence-corrected chi connectivity index (χ1v) is 8.42. The number of hydrogen-bond donors (Lipinski definition) is 1. The third kappa shape index (κ3) is 4.68. The minimum atomic E-state index is -0.505. The van der Waals surface area contributed by atoms with Gasteiger partial charge >= 0.3 is 0 Å². The number of hydrogen-bond acceptors (Lipinski definition) is 4. The van der Waals surface area contributed by atoms with Crippen LogP contribution in [-0.4, -0.2) is 53.8 Å². The van der Waals surface area contributed by atoms with Crippen molar-refractivity contribution in [2.45, 2.75) is 33.7 Å². The first-order valence-electron chi connectivity index (χ1n) is 7.60. The zero-order chi connectivity index (χ0) is 16.5. The Hall–Kier alpha value is -1.11. The number of thiophene rings is 1. The Balaban J connectivity index is 0.00000264. The summed E-state index contributed by atoms with van der Waals surface area (Å²) in [6, 6.07) is 3.32. The van der Waals surface area contributed by atoms with Crippen LogP contribution in [0, 0.1) is 12.3 Å². The van der Waals surface area contributed by atoms with E-state index >= 15 is 0 Å². The molecule has 2 rings (SSSR count). The molecule has 1 fully saturated rings. The number of carbonyl (C=O) groups excluding carboxylic acids is 2. The first-order chi connectivity index (χ1) is 10.2. The van der Waals surface area contributed by atoms with E-state index in [0.29, 0.717) is 26.2 Å². The lowest BCUT2D eigenvalue weighted by atomic mass is 9.86. The second-order valence-electron chi connectivity index (χ2n) is 6.87. The third-order valence-corrected chi connectivity index (χ3v) is 5.02. The molecule has 0 radical (unpaired) electrons. The second-order valence-corrected chi connectivity index (χ2v) is 8.16. The summed E-state index contributed by atoms with van der Waals surface area (Å²) in [5.41, 5.74) is 5.79. The van der Waals surface area contributed by atoms with E-state index in [0.717, 1.165) is 9.75 Å². The molecular weight excluding hydrogens is 334 g/mol. The fourth-order valence-corrected chi connectivity index (χ4v) is 3.24. The smallest absolute Gasteiger partial charge is 0.264 e. The average Bonchev–Trinajstić information content (AvgIpc) is 2.90. The third-order valence-electron chi connectivity index (χ3n) is 4.03. The largest absolute Gasteiger partial charge is 0.338 e. The van der Waals surface area contributed by atoms with Crippen molar-refractivity contribution < 1.29 is 9.59 Å². The van der Waals surface area contributed by atoms with Gasteiger partial charge in [-0.2, -0.15) is 0 Å². The van der Waals surface area contributed by atoms with Gasteiger partial charge in [0.2, 0.25) is 5.91 Å². The van der Waals surface area contributed by atoms with Gasteiger partial charge in [0.25, 0.3) is 5.91 Å². The van der Waals surface area contributed by atoms with Crippen molar-refractivity contribution >= 4 is 35.6 Å². The summed E-state index contributed by atoms with van der Waals surface area (Å²) >= 11 is 1.51. The van der Waals surface area contributed by atoms with Crippen LogP contribution in [0.4, 0.5) is 0 Å². The Bertz CT molecular complexity index is 560. The number of carbonyl (C=O) groups is 2. The number of amides is 2. The molecule has 1 atom stereocenters. The fraction of sp³-hybridized carbons (Fsp3) is 0.625. The van der Waals surface area contributed by atoms with Gasteiger partial charge in [-0.05, 0) is 24.5 Å². The highest BCUT2D eigenvalue weighted by Crippen LogP contribution is 2.21. The molecule has 0 bridgehead atoms. The number of halogens is 1. The zero-order valence-corrected chi connectivity index (χ0v) is 15.8. The first kappa shape index (κ1) is 19.9. The van der Waals surface area contributed by atoms with Gasteiger partial charge in [0, 0.05) is 31.1 Å². The van der Waals surface area contributed by atoms with Crippen LogP contribution in [0.3, 0.4) is 0 Å². The minimum absolute atomic E-state index is 0. The minimum Gasteiger partial charge on any atom is -0.338 e. The highest BCUT2D eigenvalue weighted by atomic mass is 35.5. The van der Waals surface area contributed by atoms with Crippen molar-refractivity contribution in [1.82, 2.24) is 9.80 Å². The SMILES string of the molecule is Cc1ccc(C(=O)N2CCN(C(=O)[C@@H](N)C(C)(C)C)CC2)s1.Cl. The Morgan fingerprint density at radius 2 is 1.65 bits per heavy atom. The molecule has 1 aromatic heterocycles. The molecule has 0 saturated carbocycles. The van der Waals surface area contributed by atoms with Gasteiger partial charge in [0.15, 0.2) is 0 Å². The van der Waals surface area contributed by atoms with Gasteiger partial charge in [-0.1, -0.05) is 20.8 Å². The highest BCUT2D eigenvalue weighted by molar-refractivity contribution is 7.13. The van der Waals surface area contributed by atoms with Gasteiger partial charge in [0.05, 0.1) is 10.9 Å². The number of nitrogens with two attached hydrogens (primary N) is 1. The maximum absolute atomic E-state index is 12.4.